The largest absolute Gasteiger partial charge is 0.356 e. The number of hydrogen-bond acceptors (Lipinski definition) is 5. The van der Waals surface area contributed by atoms with E-state index < -0.39 is 0 Å². The molecule has 0 saturated carbocycles. The molecule has 0 aliphatic carbocycles. The lowest BCUT2D eigenvalue weighted by Gasteiger charge is -2.37. The molecule has 0 atom stereocenters. The molecule has 1 aliphatic heterocycles. The number of amides is 2. The van der Waals surface area contributed by atoms with Gasteiger partial charge in [0, 0.05) is 58.0 Å². The summed E-state index contributed by atoms with van der Waals surface area (Å²) in [5, 5.41) is 5.97. The van der Waals surface area contributed by atoms with Gasteiger partial charge < -0.3 is 20.3 Å². The lowest BCUT2D eigenvalue weighted by Crippen LogP contribution is -2.50. The molecule has 1 aliphatic rings. The van der Waals surface area contributed by atoms with Crippen LogP contribution in [0.5, 0.6) is 0 Å². The molecule has 7 nitrogen and oxygen atoms in total. The maximum Gasteiger partial charge on any atom is 0.222 e. The SMILES string of the molecule is CC(C)N1CCN(C(=O)CCCC(=O)NCCCCCC=O)CC1.CCCCCNC. The van der Waals surface area contributed by atoms with Crippen LogP contribution in [0.15, 0.2) is 0 Å². The third-order valence-electron chi connectivity index (χ3n) is 5.54. The van der Waals surface area contributed by atoms with Gasteiger partial charge in [-0.25, -0.2) is 0 Å². The van der Waals surface area contributed by atoms with Gasteiger partial charge in [-0.3, -0.25) is 14.5 Å². The summed E-state index contributed by atoms with van der Waals surface area (Å²) in [5.41, 5.74) is 0. The van der Waals surface area contributed by atoms with Gasteiger partial charge in [-0.15, -0.1) is 0 Å². The second kappa shape index (κ2) is 20.4. The predicted molar refractivity (Wildman–Crippen MR) is 128 cm³/mol. The van der Waals surface area contributed by atoms with Crippen LogP contribution in [0.4, 0.5) is 0 Å². The third-order valence-corrected chi connectivity index (χ3v) is 5.54. The molecule has 2 amide bonds. The molecular formula is C24H48N4O3. The Hall–Kier alpha value is -1.47. The molecule has 31 heavy (non-hydrogen) atoms. The zero-order chi connectivity index (χ0) is 23.3. The molecule has 7 heteroatoms. The van der Waals surface area contributed by atoms with E-state index in [-0.39, 0.29) is 11.8 Å². The van der Waals surface area contributed by atoms with Gasteiger partial charge in [-0.05, 0) is 53.1 Å². The third kappa shape index (κ3) is 16.8. The Kier molecular flexibility index (Phi) is 19.5. The van der Waals surface area contributed by atoms with Crippen molar-refractivity contribution in [1.29, 1.82) is 0 Å². The maximum atomic E-state index is 12.2. The van der Waals surface area contributed by atoms with E-state index >= 15 is 0 Å². The van der Waals surface area contributed by atoms with Crippen LogP contribution in [0.1, 0.15) is 85.0 Å². The van der Waals surface area contributed by atoms with Crippen molar-refractivity contribution in [1.82, 2.24) is 20.4 Å². The van der Waals surface area contributed by atoms with Crippen LogP contribution in [0.25, 0.3) is 0 Å². The highest BCUT2D eigenvalue weighted by Crippen LogP contribution is 2.09. The molecule has 182 valence electrons. The van der Waals surface area contributed by atoms with Crippen LogP contribution >= 0.6 is 0 Å². The van der Waals surface area contributed by atoms with Crippen LogP contribution < -0.4 is 10.6 Å². The first-order chi connectivity index (χ1) is 15.0. The molecule has 0 bridgehead atoms. The highest BCUT2D eigenvalue weighted by atomic mass is 16.2. The van der Waals surface area contributed by atoms with E-state index in [1.807, 2.05) is 11.9 Å². The average molecular weight is 441 g/mol. The summed E-state index contributed by atoms with van der Waals surface area (Å²) in [4.78, 5) is 38.4. The molecule has 0 aromatic rings. The zero-order valence-electron chi connectivity index (χ0n) is 20.6. The summed E-state index contributed by atoms with van der Waals surface area (Å²) in [5.74, 6) is 0.183. The number of hydrogen-bond donors (Lipinski definition) is 2. The summed E-state index contributed by atoms with van der Waals surface area (Å²) in [6.45, 7) is 11.9. The van der Waals surface area contributed by atoms with E-state index in [1.54, 1.807) is 0 Å². The Morgan fingerprint density at radius 2 is 1.58 bits per heavy atom. The quantitative estimate of drug-likeness (QED) is 0.302. The van der Waals surface area contributed by atoms with Gasteiger partial charge in [0.2, 0.25) is 11.8 Å². The summed E-state index contributed by atoms with van der Waals surface area (Å²) in [6.07, 6.45) is 9.76. The highest BCUT2D eigenvalue weighted by Gasteiger charge is 2.22. The van der Waals surface area contributed by atoms with Gasteiger partial charge in [-0.1, -0.05) is 26.2 Å². The molecule has 2 N–H and O–H groups in total. The van der Waals surface area contributed by atoms with E-state index in [4.69, 9.17) is 0 Å². The first-order valence-corrected chi connectivity index (χ1v) is 12.3. The highest BCUT2D eigenvalue weighted by molar-refractivity contribution is 5.79. The lowest BCUT2D eigenvalue weighted by atomic mass is 10.1. The first-order valence-electron chi connectivity index (χ1n) is 12.3. The van der Waals surface area contributed by atoms with Crippen molar-refractivity contribution in [3.8, 4) is 0 Å². The Morgan fingerprint density at radius 3 is 2.16 bits per heavy atom. The van der Waals surface area contributed by atoms with Crippen LogP contribution in [0.2, 0.25) is 0 Å². The topological polar surface area (TPSA) is 81.8 Å². The van der Waals surface area contributed by atoms with Crippen LogP contribution in [0, 0.1) is 0 Å². The van der Waals surface area contributed by atoms with E-state index in [1.165, 1.54) is 25.8 Å². The molecule has 1 saturated heterocycles. The van der Waals surface area contributed by atoms with Crippen LogP contribution in [0.3, 0.4) is 0 Å². The minimum absolute atomic E-state index is 0.0165. The standard InChI is InChI=1S/C18H33N3O3.C6H15N/c1-16(2)20-11-13-21(14-12-20)18(24)9-7-8-17(23)19-10-5-3-4-6-15-22;1-3-4-5-6-7-2/h15-16H,3-14H2,1-2H3,(H,19,23);7H,3-6H2,1-2H3. The second-order valence-corrected chi connectivity index (χ2v) is 8.54. The van der Waals surface area contributed by atoms with Gasteiger partial charge >= 0.3 is 0 Å². The van der Waals surface area contributed by atoms with Gasteiger partial charge in [0.15, 0.2) is 0 Å². The minimum atomic E-state index is 0.0165. The number of aldehydes is 1. The number of carbonyl (C=O) groups is 3. The van der Waals surface area contributed by atoms with E-state index in [0.29, 0.717) is 38.3 Å². The Bertz CT molecular complexity index is 460. The van der Waals surface area contributed by atoms with Gasteiger partial charge in [0.05, 0.1) is 0 Å². The van der Waals surface area contributed by atoms with Crippen molar-refractivity contribution in [2.24, 2.45) is 0 Å². The minimum Gasteiger partial charge on any atom is -0.356 e. The molecule has 0 spiro atoms. The molecular weight excluding hydrogens is 392 g/mol. The van der Waals surface area contributed by atoms with Crippen molar-refractivity contribution >= 4 is 18.1 Å². The van der Waals surface area contributed by atoms with E-state index in [0.717, 1.165) is 51.7 Å². The fourth-order valence-corrected chi connectivity index (χ4v) is 3.44. The maximum absolute atomic E-state index is 12.2. The normalized spacial score (nSPS) is 14.2. The van der Waals surface area contributed by atoms with Crippen molar-refractivity contribution in [3.05, 3.63) is 0 Å². The number of nitrogens with one attached hydrogen (secondary N) is 2. The molecule has 1 heterocycles. The van der Waals surface area contributed by atoms with Gasteiger partial charge in [-0.2, -0.15) is 0 Å². The monoisotopic (exact) mass is 440 g/mol. The Morgan fingerprint density at radius 1 is 0.903 bits per heavy atom. The fourth-order valence-electron chi connectivity index (χ4n) is 3.44. The van der Waals surface area contributed by atoms with Crippen molar-refractivity contribution < 1.29 is 14.4 Å². The number of nitrogens with zero attached hydrogens (tertiary/aromatic N) is 2. The zero-order valence-corrected chi connectivity index (χ0v) is 20.6. The predicted octanol–water partition coefficient (Wildman–Crippen LogP) is 2.98. The van der Waals surface area contributed by atoms with Crippen molar-refractivity contribution in [2.75, 3.05) is 46.3 Å². The average Bonchev–Trinajstić information content (AvgIpc) is 2.77. The van der Waals surface area contributed by atoms with E-state index in [2.05, 4.69) is 36.3 Å². The van der Waals surface area contributed by atoms with Gasteiger partial charge in [0.25, 0.3) is 0 Å². The number of rotatable bonds is 15. The lowest BCUT2D eigenvalue weighted by molar-refractivity contribution is -0.133. The van der Waals surface area contributed by atoms with Crippen molar-refractivity contribution in [2.45, 2.75) is 91.0 Å². The summed E-state index contributed by atoms with van der Waals surface area (Å²) < 4.78 is 0. The van der Waals surface area contributed by atoms with Gasteiger partial charge in [0.1, 0.15) is 6.29 Å². The number of carbonyl (C=O) groups excluding carboxylic acids is 3. The summed E-state index contributed by atoms with van der Waals surface area (Å²) in [6, 6.07) is 0.532. The fraction of sp³-hybridized carbons (Fsp3) is 0.875. The first kappa shape index (κ1) is 29.5. The molecule has 1 fully saturated rings. The Labute approximate surface area is 190 Å². The summed E-state index contributed by atoms with van der Waals surface area (Å²) in [7, 11) is 2.00. The number of unbranched alkanes of at least 4 members (excludes halogenated alkanes) is 5. The van der Waals surface area contributed by atoms with Crippen LogP contribution in [-0.2, 0) is 14.4 Å². The number of piperazine rings is 1. The van der Waals surface area contributed by atoms with Crippen molar-refractivity contribution in [3.63, 3.8) is 0 Å². The summed E-state index contributed by atoms with van der Waals surface area (Å²) >= 11 is 0. The molecule has 0 unspecified atom stereocenters. The Balaban J connectivity index is 0.00000110. The van der Waals surface area contributed by atoms with Crippen LogP contribution in [-0.4, -0.2) is 80.3 Å². The molecule has 0 aromatic carbocycles. The molecule has 0 aromatic heterocycles. The van der Waals surface area contributed by atoms with E-state index in [9.17, 15) is 14.4 Å². The smallest absolute Gasteiger partial charge is 0.222 e. The molecule has 1 rings (SSSR count). The molecule has 0 radical (unpaired) electrons. The second-order valence-electron chi connectivity index (χ2n) is 8.54.